The van der Waals surface area contributed by atoms with Gasteiger partial charge in [0.25, 0.3) is 10.0 Å². The van der Waals surface area contributed by atoms with Crippen molar-refractivity contribution in [3.63, 3.8) is 0 Å². The van der Waals surface area contributed by atoms with Gasteiger partial charge in [0.2, 0.25) is 0 Å². The lowest BCUT2D eigenvalue weighted by molar-refractivity contribution is 0.594. The molecular weight excluding hydrogens is 294 g/mol. The second-order valence-corrected chi connectivity index (χ2v) is 7.31. The maximum absolute atomic E-state index is 12.8. The average Bonchev–Trinajstić information content (AvgIpc) is 2.50. The molecule has 104 valence electrons. The van der Waals surface area contributed by atoms with Crippen molar-refractivity contribution in [1.29, 1.82) is 0 Å². The Balaban J connectivity index is 2.41. The molecule has 3 nitrogen and oxygen atoms in total. The molecule has 2 aromatic carbocycles. The zero-order valence-corrected chi connectivity index (χ0v) is 12.7. The van der Waals surface area contributed by atoms with Crippen molar-refractivity contribution in [3.05, 3.63) is 59.2 Å². The summed E-state index contributed by atoms with van der Waals surface area (Å²) >= 11 is 6.54. The van der Waals surface area contributed by atoms with E-state index in [1.165, 1.54) is 4.31 Å². The molecular formula is C15H14ClNO2S. The lowest BCUT2D eigenvalue weighted by Crippen LogP contribution is -2.26. The number of nitrogens with zero attached hydrogens (tertiary/aromatic N) is 1. The molecule has 1 atom stereocenters. The second-order valence-electron chi connectivity index (χ2n) is 4.94. The number of rotatable bonds is 0. The van der Waals surface area contributed by atoms with Crippen LogP contribution < -0.4 is 4.31 Å². The predicted octanol–water partition coefficient (Wildman–Crippen LogP) is 3.46. The van der Waals surface area contributed by atoms with E-state index >= 15 is 0 Å². The van der Waals surface area contributed by atoms with E-state index < -0.39 is 15.4 Å². The van der Waals surface area contributed by atoms with Crippen molar-refractivity contribution in [1.82, 2.24) is 0 Å². The van der Waals surface area contributed by atoms with Gasteiger partial charge in [0.1, 0.15) is 0 Å². The standard InChI is InChI=1S/C15H14ClNO2S/c1-10-7-8-12-14(9-10)20(18,19)17(2)13-6-4-3-5-11(13)15(12)16/h3-9,15H,1-2H3. The minimum atomic E-state index is -3.58. The summed E-state index contributed by atoms with van der Waals surface area (Å²) in [5.41, 5.74) is 2.97. The van der Waals surface area contributed by atoms with Crippen LogP contribution >= 0.6 is 11.6 Å². The third-order valence-electron chi connectivity index (χ3n) is 3.63. The molecule has 0 spiro atoms. The van der Waals surface area contributed by atoms with E-state index in [1.807, 2.05) is 31.2 Å². The summed E-state index contributed by atoms with van der Waals surface area (Å²) in [6, 6.07) is 12.7. The molecule has 2 aromatic rings. The number of fused-ring (bicyclic) bond motifs is 2. The fourth-order valence-electron chi connectivity index (χ4n) is 2.51. The largest absolute Gasteiger partial charge is 0.269 e. The lowest BCUT2D eigenvalue weighted by Gasteiger charge is -2.19. The first-order valence-corrected chi connectivity index (χ1v) is 8.13. The molecule has 0 saturated heterocycles. The number of benzene rings is 2. The van der Waals surface area contributed by atoms with Gasteiger partial charge in [0.05, 0.1) is 16.0 Å². The summed E-state index contributed by atoms with van der Waals surface area (Å²) in [6.07, 6.45) is 0. The van der Waals surface area contributed by atoms with Crippen LogP contribution in [-0.2, 0) is 10.0 Å². The summed E-state index contributed by atoms with van der Waals surface area (Å²) < 4.78 is 26.8. The highest BCUT2D eigenvalue weighted by Gasteiger charge is 2.33. The van der Waals surface area contributed by atoms with Gasteiger partial charge in [-0.2, -0.15) is 0 Å². The Hall–Kier alpha value is -1.52. The molecule has 0 aromatic heterocycles. The molecule has 0 bridgehead atoms. The Morgan fingerprint density at radius 1 is 1.10 bits per heavy atom. The number of hydrogen-bond donors (Lipinski definition) is 0. The summed E-state index contributed by atoms with van der Waals surface area (Å²) in [5, 5.41) is -0.471. The van der Waals surface area contributed by atoms with Crippen molar-refractivity contribution < 1.29 is 8.42 Å². The van der Waals surface area contributed by atoms with Gasteiger partial charge in [-0.3, -0.25) is 4.31 Å². The minimum absolute atomic E-state index is 0.288. The van der Waals surface area contributed by atoms with Crippen molar-refractivity contribution in [2.24, 2.45) is 0 Å². The molecule has 0 amide bonds. The summed E-state index contributed by atoms with van der Waals surface area (Å²) in [4.78, 5) is 0.288. The highest BCUT2D eigenvalue weighted by molar-refractivity contribution is 7.92. The number of alkyl halides is 1. The van der Waals surface area contributed by atoms with E-state index in [0.717, 1.165) is 11.1 Å². The zero-order chi connectivity index (χ0) is 14.5. The number of para-hydroxylation sites is 1. The van der Waals surface area contributed by atoms with Crippen LogP contribution in [0.3, 0.4) is 0 Å². The quantitative estimate of drug-likeness (QED) is 0.699. The van der Waals surface area contributed by atoms with E-state index in [9.17, 15) is 8.42 Å². The Kier molecular flexibility index (Phi) is 3.03. The van der Waals surface area contributed by atoms with Gasteiger partial charge in [0.15, 0.2) is 0 Å². The topological polar surface area (TPSA) is 37.4 Å². The van der Waals surface area contributed by atoms with Crippen molar-refractivity contribution >= 4 is 27.3 Å². The second kappa shape index (κ2) is 4.50. The third kappa shape index (κ3) is 1.83. The molecule has 0 saturated carbocycles. The Morgan fingerprint density at radius 3 is 2.55 bits per heavy atom. The average molecular weight is 308 g/mol. The van der Waals surface area contributed by atoms with Gasteiger partial charge in [-0.1, -0.05) is 30.3 Å². The maximum Gasteiger partial charge on any atom is 0.264 e. The van der Waals surface area contributed by atoms with E-state index in [1.54, 1.807) is 25.2 Å². The van der Waals surface area contributed by atoms with Crippen LogP contribution in [0.4, 0.5) is 5.69 Å². The van der Waals surface area contributed by atoms with Crippen LogP contribution in [0.15, 0.2) is 47.4 Å². The summed E-state index contributed by atoms with van der Waals surface area (Å²) in [6.45, 7) is 1.87. The van der Waals surface area contributed by atoms with Gasteiger partial charge in [-0.25, -0.2) is 8.42 Å². The molecule has 0 fully saturated rings. The number of anilines is 1. The zero-order valence-electron chi connectivity index (χ0n) is 11.2. The fraction of sp³-hybridized carbons (Fsp3) is 0.200. The SMILES string of the molecule is Cc1ccc2c(c1)S(=O)(=O)N(C)c1ccccc1C2Cl. The first kappa shape index (κ1) is 13.5. The minimum Gasteiger partial charge on any atom is -0.269 e. The van der Waals surface area contributed by atoms with Crippen LogP contribution in [0, 0.1) is 6.92 Å². The lowest BCUT2D eigenvalue weighted by atomic mass is 10.0. The molecule has 0 N–H and O–H groups in total. The van der Waals surface area contributed by atoms with E-state index in [4.69, 9.17) is 11.6 Å². The molecule has 20 heavy (non-hydrogen) atoms. The van der Waals surface area contributed by atoms with Crippen molar-refractivity contribution in [3.8, 4) is 0 Å². The van der Waals surface area contributed by atoms with Crippen LogP contribution in [0.5, 0.6) is 0 Å². The number of aryl methyl sites for hydroxylation is 1. The predicted molar refractivity (Wildman–Crippen MR) is 80.9 cm³/mol. The van der Waals surface area contributed by atoms with Gasteiger partial charge < -0.3 is 0 Å². The maximum atomic E-state index is 12.8. The molecule has 5 heteroatoms. The monoisotopic (exact) mass is 307 g/mol. The Labute approximate surface area is 123 Å². The van der Waals surface area contributed by atoms with E-state index in [0.29, 0.717) is 11.3 Å². The van der Waals surface area contributed by atoms with E-state index in [2.05, 4.69) is 0 Å². The summed E-state index contributed by atoms with van der Waals surface area (Å²) in [7, 11) is -2.01. The van der Waals surface area contributed by atoms with Crippen LogP contribution in [0.2, 0.25) is 0 Å². The van der Waals surface area contributed by atoms with E-state index in [-0.39, 0.29) is 4.90 Å². The van der Waals surface area contributed by atoms with Gasteiger partial charge in [-0.15, -0.1) is 11.6 Å². The van der Waals surface area contributed by atoms with Crippen LogP contribution in [0.25, 0.3) is 0 Å². The molecule has 0 aliphatic carbocycles. The molecule has 1 aliphatic rings. The molecule has 1 heterocycles. The van der Waals surface area contributed by atoms with Gasteiger partial charge in [0, 0.05) is 7.05 Å². The van der Waals surface area contributed by atoms with Crippen LogP contribution in [-0.4, -0.2) is 15.5 Å². The van der Waals surface area contributed by atoms with Crippen molar-refractivity contribution in [2.75, 3.05) is 11.4 Å². The molecule has 0 radical (unpaired) electrons. The van der Waals surface area contributed by atoms with Gasteiger partial charge >= 0.3 is 0 Å². The summed E-state index contributed by atoms with van der Waals surface area (Å²) in [5.74, 6) is 0. The fourth-order valence-corrected chi connectivity index (χ4v) is 4.49. The molecule has 1 aliphatic heterocycles. The highest BCUT2D eigenvalue weighted by Crippen LogP contribution is 2.43. The Bertz CT molecular complexity index is 786. The molecule has 1 unspecified atom stereocenters. The van der Waals surface area contributed by atoms with Crippen molar-refractivity contribution in [2.45, 2.75) is 17.2 Å². The van der Waals surface area contributed by atoms with Gasteiger partial charge in [-0.05, 0) is 35.7 Å². The highest BCUT2D eigenvalue weighted by atomic mass is 35.5. The first-order chi connectivity index (χ1) is 9.43. The third-order valence-corrected chi connectivity index (χ3v) is 5.93. The first-order valence-electron chi connectivity index (χ1n) is 6.25. The Morgan fingerprint density at radius 2 is 1.80 bits per heavy atom. The number of sulfonamides is 1. The number of halogens is 1. The smallest absolute Gasteiger partial charge is 0.264 e. The molecule has 3 rings (SSSR count). The number of hydrogen-bond acceptors (Lipinski definition) is 2. The van der Waals surface area contributed by atoms with Crippen LogP contribution in [0.1, 0.15) is 22.1 Å². The normalized spacial score (nSPS) is 19.9.